The van der Waals surface area contributed by atoms with Crippen molar-refractivity contribution in [1.82, 2.24) is 19.4 Å². The van der Waals surface area contributed by atoms with Crippen LogP contribution in [0.15, 0.2) is 54.9 Å². The Morgan fingerprint density at radius 1 is 1.19 bits per heavy atom. The molecule has 1 amide bonds. The van der Waals surface area contributed by atoms with Crippen molar-refractivity contribution < 1.29 is 9.18 Å². The first-order chi connectivity index (χ1) is 15.0. The van der Waals surface area contributed by atoms with Crippen molar-refractivity contribution in [2.45, 2.75) is 51.4 Å². The van der Waals surface area contributed by atoms with Crippen molar-refractivity contribution in [3.8, 4) is 5.82 Å². The Morgan fingerprint density at radius 2 is 2.00 bits per heavy atom. The highest BCUT2D eigenvalue weighted by Crippen LogP contribution is 2.27. The highest BCUT2D eigenvalue weighted by Gasteiger charge is 2.25. The van der Waals surface area contributed by atoms with Crippen LogP contribution in [0.3, 0.4) is 0 Å². The molecule has 0 N–H and O–H groups in total. The summed E-state index contributed by atoms with van der Waals surface area (Å²) in [6.07, 6.45) is 6.84. The minimum Gasteiger partial charge on any atom is -0.342 e. The summed E-state index contributed by atoms with van der Waals surface area (Å²) >= 11 is 0. The van der Waals surface area contributed by atoms with Gasteiger partial charge in [-0.05, 0) is 49.1 Å². The summed E-state index contributed by atoms with van der Waals surface area (Å²) in [6, 6.07) is 12.5. The Hall–Kier alpha value is -3.02. The van der Waals surface area contributed by atoms with Crippen LogP contribution < -0.4 is 0 Å². The highest BCUT2D eigenvalue weighted by molar-refractivity contribution is 5.76. The lowest BCUT2D eigenvalue weighted by atomic mass is 9.94. The van der Waals surface area contributed by atoms with Crippen LogP contribution in [0.5, 0.6) is 0 Å². The van der Waals surface area contributed by atoms with E-state index in [-0.39, 0.29) is 17.6 Å². The second-order valence-electron chi connectivity index (χ2n) is 8.54. The third-order valence-electron chi connectivity index (χ3n) is 5.92. The fourth-order valence-electron chi connectivity index (χ4n) is 4.24. The molecule has 1 unspecified atom stereocenters. The number of halogens is 1. The number of carbonyl (C=O) groups excluding carboxylic acids is 1. The largest absolute Gasteiger partial charge is 0.342 e. The number of likely N-dealkylation sites (tertiary alicyclic amines) is 1. The normalized spacial score (nSPS) is 16.6. The molecule has 0 aliphatic carbocycles. The van der Waals surface area contributed by atoms with Gasteiger partial charge in [-0.15, -0.1) is 0 Å². The fourth-order valence-corrected chi connectivity index (χ4v) is 4.24. The number of pyridine rings is 1. The molecular weight excluding hydrogens is 391 g/mol. The predicted octanol–water partition coefficient (Wildman–Crippen LogP) is 4.87. The Morgan fingerprint density at radius 3 is 2.77 bits per heavy atom. The van der Waals surface area contributed by atoms with E-state index in [0.29, 0.717) is 25.3 Å². The zero-order valence-corrected chi connectivity index (χ0v) is 18.2. The van der Waals surface area contributed by atoms with Crippen molar-refractivity contribution in [3.63, 3.8) is 0 Å². The molecular formula is C25H29FN4O. The maximum atomic E-state index is 13.1. The SMILES string of the molecule is CC(C)c1nccn1-c1cccc(C2CCCN(C(=O)CCc3ccc(F)cc3)C2)n1. The molecule has 162 valence electrons. The topological polar surface area (TPSA) is 51.0 Å². The number of aromatic nitrogens is 3. The van der Waals surface area contributed by atoms with E-state index in [9.17, 15) is 9.18 Å². The van der Waals surface area contributed by atoms with Crippen LogP contribution in [0.2, 0.25) is 0 Å². The average molecular weight is 421 g/mol. The number of imidazole rings is 1. The molecule has 3 aromatic rings. The van der Waals surface area contributed by atoms with Crippen molar-refractivity contribution in [3.05, 3.63) is 77.8 Å². The van der Waals surface area contributed by atoms with Gasteiger partial charge in [0, 0.05) is 49.4 Å². The van der Waals surface area contributed by atoms with E-state index < -0.39 is 0 Å². The number of carbonyl (C=O) groups is 1. The molecule has 0 radical (unpaired) electrons. The molecule has 1 aromatic carbocycles. The molecule has 1 atom stereocenters. The van der Waals surface area contributed by atoms with E-state index in [0.717, 1.165) is 42.3 Å². The summed E-state index contributed by atoms with van der Waals surface area (Å²) in [4.78, 5) is 24.2. The molecule has 1 fully saturated rings. The summed E-state index contributed by atoms with van der Waals surface area (Å²) in [6.45, 7) is 5.73. The Labute approximate surface area is 182 Å². The second-order valence-corrected chi connectivity index (χ2v) is 8.54. The minimum atomic E-state index is -0.250. The van der Waals surface area contributed by atoms with Crippen LogP contribution in [0.25, 0.3) is 5.82 Å². The van der Waals surface area contributed by atoms with Crippen molar-refractivity contribution in [2.24, 2.45) is 0 Å². The molecule has 1 aliphatic heterocycles. The van der Waals surface area contributed by atoms with Crippen LogP contribution in [0.4, 0.5) is 4.39 Å². The van der Waals surface area contributed by atoms with Crippen LogP contribution in [-0.4, -0.2) is 38.4 Å². The van der Waals surface area contributed by atoms with Gasteiger partial charge >= 0.3 is 0 Å². The smallest absolute Gasteiger partial charge is 0.222 e. The van der Waals surface area contributed by atoms with Gasteiger partial charge in [0.15, 0.2) is 0 Å². The van der Waals surface area contributed by atoms with Crippen LogP contribution >= 0.6 is 0 Å². The lowest BCUT2D eigenvalue weighted by Crippen LogP contribution is -2.39. The van der Waals surface area contributed by atoms with Gasteiger partial charge in [-0.3, -0.25) is 9.36 Å². The van der Waals surface area contributed by atoms with Crippen LogP contribution in [0.1, 0.15) is 62.0 Å². The van der Waals surface area contributed by atoms with Gasteiger partial charge in [0.1, 0.15) is 17.5 Å². The van der Waals surface area contributed by atoms with Crippen molar-refractivity contribution in [2.75, 3.05) is 13.1 Å². The molecule has 4 rings (SSSR count). The van der Waals surface area contributed by atoms with Gasteiger partial charge in [-0.1, -0.05) is 32.0 Å². The van der Waals surface area contributed by atoms with E-state index in [1.54, 1.807) is 12.1 Å². The van der Waals surface area contributed by atoms with Gasteiger partial charge in [0.05, 0.1) is 0 Å². The molecule has 1 aliphatic rings. The Bertz CT molecular complexity index is 1030. The molecule has 3 heterocycles. The molecule has 6 heteroatoms. The number of nitrogens with zero attached hydrogens (tertiary/aromatic N) is 4. The first-order valence-corrected chi connectivity index (χ1v) is 11.0. The molecule has 31 heavy (non-hydrogen) atoms. The van der Waals surface area contributed by atoms with E-state index in [1.165, 1.54) is 12.1 Å². The lowest BCUT2D eigenvalue weighted by Gasteiger charge is -2.32. The summed E-state index contributed by atoms with van der Waals surface area (Å²) in [7, 11) is 0. The number of aryl methyl sites for hydroxylation is 1. The van der Waals surface area contributed by atoms with Gasteiger partial charge in [0.25, 0.3) is 0 Å². The zero-order valence-electron chi connectivity index (χ0n) is 18.2. The molecule has 2 aromatic heterocycles. The number of rotatable bonds is 6. The Balaban J connectivity index is 1.43. The first-order valence-electron chi connectivity index (χ1n) is 11.0. The third-order valence-corrected chi connectivity index (χ3v) is 5.92. The number of benzene rings is 1. The highest BCUT2D eigenvalue weighted by atomic mass is 19.1. The molecule has 1 saturated heterocycles. The molecule has 0 saturated carbocycles. The molecule has 0 bridgehead atoms. The van der Waals surface area contributed by atoms with Gasteiger partial charge in [-0.25, -0.2) is 14.4 Å². The molecule has 0 spiro atoms. The Kier molecular flexibility index (Phi) is 6.44. The van der Waals surface area contributed by atoms with Crippen molar-refractivity contribution >= 4 is 5.91 Å². The maximum absolute atomic E-state index is 13.1. The standard InChI is InChI=1S/C25H29FN4O/c1-18(2)25-27-14-16-30(25)23-7-3-6-22(28-23)20-5-4-15-29(17-20)24(31)13-10-19-8-11-21(26)12-9-19/h3,6-9,11-12,14,16,18,20H,4-5,10,13,15,17H2,1-2H3. The van der Waals surface area contributed by atoms with Gasteiger partial charge < -0.3 is 4.90 Å². The maximum Gasteiger partial charge on any atom is 0.222 e. The zero-order chi connectivity index (χ0) is 21.8. The monoisotopic (exact) mass is 420 g/mol. The van der Waals surface area contributed by atoms with Crippen LogP contribution in [-0.2, 0) is 11.2 Å². The van der Waals surface area contributed by atoms with E-state index >= 15 is 0 Å². The van der Waals surface area contributed by atoms with Gasteiger partial charge in [0.2, 0.25) is 5.91 Å². The summed E-state index contributed by atoms with van der Waals surface area (Å²) in [5.74, 6) is 2.31. The average Bonchev–Trinajstić information content (AvgIpc) is 3.29. The summed E-state index contributed by atoms with van der Waals surface area (Å²) in [5.41, 5.74) is 2.01. The number of amides is 1. The predicted molar refractivity (Wildman–Crippen MR) is 119 cm³/mol. The lowest BCUT2D eigenvalue weighted by molar-refractivity contribution is -0.132. The minimum absolute atomic E-state index is 0.155. The van der Waals surface area contributed by atoms with E-state index in [2.05, 4.69) is 24.9 Å². The summed E-state index contributed by atoms with van der Waals surface area (Å²) < 4.78 is 15.1. The third kappa shape index (κ3) is 5.01. The van der Waals surface area contributed by atoms with Crippen molar-refractivity contribution in [1.29, 1.82) is 0 Å². The first kappa shape index (κ1) is 21.2. The quantitative estimate of drug-likeness (QED) is 0.572. The molecule has 5 nitrogen and oxygen atoms in total. The van der Waals surface area contributed by atoms with Crippen LogP contribution in [0, 0.1) is 5.82 Å². The number of hydrogen-bond donors (Lipinski definition) is 0. The van der Waals surface area contributed by atoms with Gasteiger partial charge in [-0.2, -0.15) is 0 Å². The van der Waals surface area contributed by atoms with E-state index in [1.807, 2.05) is 34.0 Å². The second kappa shape index (κ2) is 9.41. The summed E-state index contributed by atoms with van der Waals surface area (Å²) in [5, 5.41) is 0. The number of hydrogen-bond acceptors (Lipinski definition) is 3. The fraction of sp³-hybridized carbons (Fsp3) is 0.400. The number of piperidine rings is 1. The van der Waals surface area contributed by atoms with E-state index in [4.69, 9.17) is 4.98 Å².